The van der Waals surface area contributed by atoms with Crippen LogP contribution in [0.5, 0.6) is 5.75 Å². The molecule has 3 heterocycles. The van der Waals surface area contributed by atoms with Crippen LogP contribution < -0.4 is 0 Å². The molecule has 9 rings (SSSR count). The molecule has 3 aromatic heterocycles. The summed E-state index contributed by atoms with van der Waals surface area (Å²) in [5.74, 6) is 0.951. The minimum absolute atomic E-state index is 0.0809. The van der Waals surface area contributed by atoms with Gasteiger partial charge in [0, 0.05) is 32.5 Å². The maximum atomic E-state index is 12.6. The molecule has 0 spiro atoms. The van der Waals surface area contributed by atoms with Crippen LogP contribution in [-0.4, -0.2) is 24.6 Å². The second-order valence-corrected chi connectivity index (χ2v) is 24.7. The predicted molar refractivity (Wildman–Crippen MR) is 294 cm³/mol. The Morgan fingerprint density at radius 3 is 1.74 bits per heavy atom. The quantitative estimate of drug-likeness (QED) is 0.173. The second-order valence-electron chi connectivity index (χ2n) is 23.7. The van der Waals surface area contributed by atoms with Gasteiger partial charge in [-0.1, -0.05) is 188 Å². The number of para-hydroxylation sites is 1. The molecule has 352 valence electrons. The highest BCUT2D eigenvalue weighted by atomic mass is 32.1. The minimum atomic E-state index is -0.332. The molecule has 69 heavy (non-hydrogen) atoms. The second kappa shape index (κ2) is 16.9. The summed E-state index contributed by atoms with van der Waals surface area (Å²) in [5.41, 5.74) is 16.7. The highest BCUT2D eigenvalue weighted by Crippen LogP contribution is 2.48. The summed E-state index contributed by atoms with van der Waals surface area (Å²) in [5, 5.41) is 12.6. The molecule has 0 radical (unpaired) electrons. The highest BCUT2D eigenvalue weighted by molar-refractivity contribution is 7.20. The molecule has 9 aromatic rings. The van der Waals surface area contributed by atoms with Gasteiger partial charge in [0.15, 0.2) is 0 Å². The van der Waals surface area contributed by atoms with E-state index in [2.05, 4.69) is 236 Å². The summed E-state index contributed by atoms with van der Waals surface area (Å²) < 4.78 is 3.39. The number of thiophene rings is 1. The van der Waals surface area contributed by atoms with Gasteiger partial charge in [-0.25, -0.2) is 15.0 Å². The lowest BCUT2D eigenvalue weighted by molar-refractivity contribution is 0.446. The van der Waals surface area contributed by atoms with E-state index in [0.29, 0.717) is 11.4 Å². The first-order chi connectivity index (χ1) is 32.3. The first-order valence-corrected chi connectivity index (χ1v) is 25.2. The van der Waals surface area contributed by atoms with Crippen molar-refractivity contribution >= 4 is 32.6 Å². The molecule has 0 aliphatic carbocycles. The van der Waals surface area contributed by atoms with Gasteiger partial charge in [-0.3, -0.25) is 4.57 Å². The number of phenolic OH excluding ortho intramolecular Hbond substituents is 1. The van der Waals surface area contributed by atoms with Crippen molar-refractivity contribution in [3.05, 3.63) is 172 Å². The van der Waals surface area contributed by atoms with Gasteiger partial charge in [0.05, 0.1) is 38.2 Å². The fourth-order valence-corrected chi connectivity index (χ4v) is 11.2. The number of hydrogen-bond acceptors (Lipinski definition) is 5. The normalized spacial score (nSPS) is 12.9. The van der Waals surface area contributed by atoms with Crippen LogP contribution in [0.15, 0.2) is 134 Å². The molecule has 0 aliphatic heterocycles. The third kappa shape index (κ3) is 8.71. The van der Waals surface area contributed by atoms with Crippen LogP contribution in [0.4, 0.5) is 0 Å². The van der Waals surface area contributed by atoms with Crippen molar-refractivity contribution < 1.29 is 5.11 Å². The largest absolute Gasteiger partial charge is 0.507 e. The molecule has 0 amide bonds. The minimum Gasteiger partial charge on any atom is -0.507 e. The Kier molecular flexibility index (Phi) is 11.7. The molecule has 0 bridgehead atoms. The Labute approximate surface area is 414 Å². The van der Waals surface area contributed by atoms with E-state index >= 15 is 0 Å². The molecule has 0 unspecified atom stereocenters. The van der Waals surface area contributed by atoms with Gasteiger partial charge in [0.2, 0.25) is 0 Å². The molecule has 0 fully saturated rings. The van der Waals surface area contributed by atoms with Crippen LogP contribution >= 0.6 is 11.3 Å². The van der Waals surface area contributed by atoms with E-state index in [0.717, 1.165) is 71.6 Å². The van der Waals surface area contributed by atoms with Crippen LogP contribution in [-0.2, 0) is 27.1 Å². The smallest absolute Gasteiger partial charge is 0.149 e. The van der Waals surface area contributed by atoms with Crippen LogP contribution in [0.1, 0.15) is 135 Å². The summed E-state index contributed by atoms with van der Waals surface area (Å²) in [6, 6.07) is 46.1. The Morgan fingerprint density at radius 2 is 1.10 bits per heavy atom. The highest BCUT2D eigenvalue weighted by Gasteiger charge is 2.32. The molecule has 0 aliphatic rings. The lowest BCUT2D eigenvalue weighted by atomic mass is 9.79. The van der Waals surface area contributed by atoms with Crippen molar-refractivity contribution in [1.29, 1.82) is 0 Å². The Hall–Kier alpha value is -6.37. The maximum Gasteiger partial charge on any atom is 0.149 e. The third-order valence-electron chi connectivity index (χ3n) is 14.0. The molecule has 0 saturated heterocycles. The van der Waals surface area contributed by atoms with Crippen molar-refractivity contribution in [2.45, 2.75) is 131 Å². The predicted octanol–water partition coefficient (Wildman–Crippen LogP) is 17.2. The van der Waals surface area contributed by atoms with Gasteiger partial charge in [-0.2, -0.15) is 0 Å². The lowest BCUT2D eigenvalue weighted by Gasteiger charge is -2.28. The van der Waals surface area contributed by atoms with E-state index in [1.807, 2.05) is 11.3 Å². The van der Waals surface area contributed by atoms with E-state index in [9.17, 15) is 5.11 Å². The van der Waals surface area contributed by atoms with Crippen LogP contribution in [0.3, 0.4) is 0 Å². The van der Waals surface area contributed by atoms with Gasteiger partial charge in [0.25, 0.3) is 0 Å². The van der Waals surface area contributed by atoms with E-state index in [1.54, 1.807) is 6.33 Å². The monoisotopic (exact) mass is 929 g/mol. The number of nitrogens with zero attached hydrogens (tertiary/aromatic N) is 4. The first-order valence-electron chi connectivity index (χ1n) is 24.4. The zero-order chi connectivity index (χ0) is 49.6. The van der Waals surface area contributed by atoms with E-state index < -0.39 is 0 Å². The van der Waals surface area contributed by atoms with Gasteiger partial charge >= 0.3 is 0 Å². The van der Waals surface area contributed by atoms with Gasteiger partial charge < -0.3 is 5.11 Å². The number of imidazole rings is 1. The lowest BCUT2D eigenvalue weighted by Crippen LogP contribution is -2.18. The number of phenols is 1. The fraction of sp³-hybridized carbons (Fsp3) is 0.317. The number of fused-ring (bicyclic) bond motifs is 2. The molecule has 0 saturated carbocycles. The standard InChI is InChI=1S/C63H68N4OS/c1-38-52-56(69-57(38)63(14,15)42-25-20-17-21-26-42)53(65-37-64-52)41-31-40(32-44(33-41)60(5,6)7)46-27-22-28-51-54(46)66-58(48-35-45(61(8,9)10)36-49(55(48)68)62(11,12)13)67(51)50-30-29-43(59(2,3)4)34-47(50)39-23-18-16-19-24-39/h16-37,68H,1-15H3. The number of aromatic nitrogens is 4. The van der Waals surface area contributed by atoms with Crippen molar-refractivity contribution in [1.82, 2.24) is 19.5 Å². The number of benzene rings is 6. The molecule has 6 heteroatoms. The number of aryl methyl sites for hydroxylation is 1. The summed E-state index contributed by atoms with van der Waals surface area (Å²) in [7, 11) is 0. The van der Waals surface area contributed by atoms with Gasteiger partial charge in [0.1, 0.15) is 17.9 Å². The average Bonchev–Trinajstić information content (AvgIpc) is 3.86. The zero-order valence-corrected chi connectivity index (χ0v) is 44.2. The topological polar surface area (TPSA) is 63.8 Å². The fourth-order valence-electron chi connectivity index (χ4n) is 9.78. The molecule has 0 atom stereocenters. The number of hydrogen-bond donors (Lipinski definition) is 1. The molecular formula is C63H68N4OS. The van der Waals surface area contributed by atoms with Crippen LogP contribution in [0.2, 0.25) is 0 Å². The third-order valence-corrected chi connectivity index (χ3v) is 15.7. The average molecular weight is 929 g/mol. The molecule has 1 N–H and O–H groups in total. The number of rotatable bonds is 7. The maximum absolute atomic E-state index is 12.6. The molecular weight excluding hydrogens is 861 g/mol. The SMILES string of the molecule is Cc1c(C(C)(C)c2ccccc2)sc2c(-c3cc(-c4cccc5c4nc(-c4cc(C(C)(C)C)cc(C(C)(C)C)c4O)n5-c4ccc(C(C)(C)C)cc4-c4ccccc4)cc(C(C)(C)C)c3)ncnc12. The summed E-state index contributed by atoms with van der Waals surface area (Å²) in [6.45, 7) is 33.7. The summed E-state index contributed by atoms with van der Waals surface area (Å²) in [6.07, 6.45) is 1.73. The summed E-state index contributed by atoms with van der Waals surface area (Å²) >= 11 is 1.81. The van der Waals surface area contributed by atoms with Crippen molar-refractivity contribution in [3.63, 3.8) is 0 Å². The number of aromatic hydroxyl groups is 1. The molecule has 6 aromatic carbocycles. The Balaban J connectivity index is 1.36. The van der Waals surface area contributed by atoms with Crippen LogP contribution in [0.25, 0.3) is 71.8 Å². The Morgan fingerprint density at radius 1 is 0.493 bits per heavy atom. The summed E-state index contributed by atoms with van der Waals surface area (Å²) in [4.78, 5) is 17.0. The Bertz CT molecular complexity index is 3400. The van der Waals surface area contributed by atoms with E-state index in [4.69, 9.17) is 15.0 Å². The molecule has 5 nitrogen and oxygen atoms in total. The van der Waals surface area contributed by atoms with Gasteiger partial charge in [-0.15, -0.1) is 11.3 Å². The van der Waals surface area contributed by atoms with Gasteiger partial charge in [-0.05, 0) is 104 Å². The van der Waals surface area contributed by atoms with Crippen molar-refractivity contribution in [2.24, 2.45) is 0 Å². The first kappa shape index (κ1) is 47.7. The van der Waals surface area contributed by atoms with Crippen LogP contribution in [0, 0.1) is 6.92 Å². The van der Waals surface area contributed by atoms with Crippen molar-refractivity contribution in [3.8, 4) is 56.3 Å². The van der Waals surface area contributed by atoms with E-state index in [1.165, 1.54) is 27.1 Å². The van der Waals surface area contributed by atoms with E-state index in [-0.39, 0.29) is 32.8 Å². The van der Waals surface area contributed by atoms with Crippen molar-refractivity contribution in [2.75, 3.05) is 0 Å². The zero-order valence-electron chi connectivity index (χ0n) is 43.3.